The van der Waals surface area contributed by atoms with Crippen molar-refractivity contribution in [1.29, 1.82) is 0 Å². The first-order valence-corrected chi connectivity index (χ1v) is 7.78. The fourth-order valence-corrected chi connectivity index (χ4v) is 3.32. The summed E-state index contributed by atoms with van der Waals surface area (Å²) in [5, 5.41) is 0. The summed E-state index contributed by atoms with van der Waals surface area (Å²) in [6, 6.07) is 7.18. The normalized spacial score (nSPS) is 11.3. The number of pyridine rings is 1. The molecule has 0 aliphatic rings. The third-order valence-electron chi connectivity index (χ3n) is 2.43. The van der Waals surface area contributed by atoms with Crippen LogP contribution in [0.2, 0.25) is 0 Å². The Morgan fingerprint density at radius 2 is 2.05 bits per heavy atom. The second kappa shape index (κ2) is 5.37. The lowest BCUT2D eigenvalue weighted by Gasteiger charge is -2.10. The molecule has 0 amide bonds. The number of aromatic nitrogens is 1. The number of rotatable bonds is 3. The Morgan fingerprint density at radius 1 is 1.35 bits per heavy atom. The van der Waals surface area contributed by atoms with E-state index in [4.69, 9.17) is 5.73 Å². The average molecular weight is 360 g/mol. The minimum absolute atomic E-state index is 0.0184. The molecule has 0 fully saturated rings. The molecule has 0 spiro atoms. The predicted octanol–water partition coefficient (Wildman–Crippen LogP) is 2.67. The van der Waals surface area contributed by atoms with Crippen LogP contribution in [-0.2, 0) is 10.0 Å². The van der Waals surface area contributed by atoms with E-state index in [1.165, 1.54) is 12.1 Å². The number of nitrogens with zero attached hydrogens (tertiary/aromatic N) is 1. The number of hydrogen-bond acceptors (Lipinski definition) is 4. The highest BCUT2D eigenvalue weighted by atomic mass is 79.9. The van der Waals surface area contributed by atoms with E-state index in [2.05, 4.69) is 25.6 Å². The number of halogens is 2. The van der Waals surface area contributed by atoms with Crippen LogP contribution < -0.4 is 10.5 Å². The van der Waals surface area contributed by atoms with Crippen LogP contribution in [0.25, 0.3) is 0 Å². The molecule has 1 aromatic heterocycles. The van der Waals surface area contributed by atoms with Crippen molar-refractivity contribution in [1.82, 2.24) is 4.98 Å². The topological polar surface area (TPSA) is 85.1 Å². The van der Waals surface area contributed by atoms with Gasteiger partial charge in [0.15, 0.2) is 5.82 Å². The zero-order valence-electron chi connectivity index (χ0n) is 10.4. The Balaban J connectivity index is 2.46. The molecule has 106 valence electrons. The highest BCUT2D eigenvalue weighted by Crippen LogP contribution is 2.27. The van der Waals surface area contributed by atoms with E-state index >= 15 is 0 Å². The first-order valence-electron chi connectivity index (χ1n) is 5.50. The summed E-state index contributed by atoms with van der Waals surface area (Å²) in [6.45, 7) is 1.72. The quantitative estimate of drug-likeness (QED) is 0.825. The molecule has 0 aliphatic carbocycles. The number of aryl methyl sites for hydroxylation is 1. The molecule has 0 aliphatic heterocycles. The van der Waals surface area contributed by atoms with Gasteiger partial charge >= 0.3 is 0 Å². The van der Waals surface area contributed by atoms with Crippen LogP contribution >= 0.6 is 15.9 Å². The third-order valence-corrected chi connectivity index (χ3v) is 4.36. The number of nitrogens with two attached hydrogens (primary N) is 1. The fraction of sp³-hybridized carbons (Fsp3) is 0.0833. The van der Waals surface area contributed by atoms with E-state index < -0.39 is 20.7 Å². The smallest absolute Gasteiger partial charge is 0.266 e. The van der Waals surface area contributed by atoms with Gasteiger partial charge in [0, 0.05) is 11.4 Å². The van der Waals surface area contributed by atoms with E-state index in [1.54, 1.807) is 19.1 Å². The van der Waals surface area contributed by atoms with Crippen LogP contribution in [0.3, 0.4) is 0 Å². The first-order chi connectivity index (χ1) is 9.29. The number of nitrogens with one attached hydrogen (secondary N) is 1. The first kappa shape index (κ1) is 14.7. The molecule has 0 saturated carbocycles. The zero-order valence-corrected chi connectivity index (χ0v) is 12.8. The lowest BCUT2D eigenvalue weighted by molar-refractivity contribution is 0.566. The molecule has 20 heavy (non-hydrogen) atoms. The summed E-state index contributed by atoms with van der Waals surface area (Å²) in [6.07, 6.45) is 0. The van der Waals surface area contributed by atoms with Gasteiger partial charge in [-0.25, -0.2) is 17.8 Å². The number of hydrogen-bond donors (Lipinski definition) is 2. The van der Waals surface area contributed by atoms with Gasteiger partial charge in [0.2, 0.25) is 0 Å². The Kier molecular flexibility index (Phi) is 3.96. The largest absolute Gasteiger partial charge is 0.399 e. The molecule has 5 nitrogen and oxygen atoms in total. The lowest BCUT2D eigenvalue weighted by atomic mass is 10.3. The second-order valence-corrected chi connectivity index (χ2v) is 6.59. The molecular formula is C12H11BrFN3O2S. The number of nitrogen functional groups attached to an aromatic ring is 1. The monoisotopic (exact) mass is 359 g/mol. The average Bonchev–Trinajstić information content (AvgIpc) is 2.33. The van der Waals surface area contributed by atoms with Crippen molar-refractivity contribution in [2.45, 2.75) is 11.8 Å². The Bertz CT molecular complexity index is 765. The number of anilines is 2. The van der Waals surface area contributed by atoms with E-state index in [0.717, 1.165) is 6.07 Å². The zero-order chi connectivity index (χ0) is 14.9. The van der Waals surface area contributed by atoms with Gasteiger partial charge < -0.3 is 5.73 Å². The van der Waals surface area contributed by atoms with Gasteiger partial charge in [0.25, 0.3) is 10.0 Å². The van der Waals surface area contributed by atoms with E-state index in [-0.39, 0.29) is 16.0 Å². The summed E-state index contributed by atoms with van der Waals surface area (Å²) in [5.74, 6) is -0.790. The van der Waals surface area contributed by atoms with Gasteiger partial charge in [0.1, 0.15) is 10.7 Å². The third kappa shape index (κ3) is 3.07. The Labute approximate surface area is 124 Å². The summed E-state index contributed by atoms with van der Waals surface area (Å²) in [4.78, 5) is 3.47. The van der Waals surface area contributed by atoms with E-state index in [1.807, 2.05) is 0 Å². The van der Waals surface area contributed by atoms with Gasteiger partial charge in [-0.3, -0.25) is 4.72 Å². The van der Waals surface area contributed by atoms with Gasteiger partial charge in [-0.2, -0.15) is 0 Å². The molecule has 8 heteroatoms. The lowest BCUT2D eigenvalue weighted by Crippen LogP contribution is -2.16. The molecule has 1 heterocycles. The highest BCUT2D eigenvalue weighted by Gasteiger charge is 2.22. The maximum atomic E-state index is 13.9. The van der Waals surface area contributed by atoms with Crippen LogP contribution in [0.5, 0.6) is 0 Å². The van der Waals surface area contributed by atoms with Crippen LogP contribution in [0.4, 0.5) is 15.9 Å². The van der Waals surface area contributed by atoms with Crippen molar-refractivity contribution in [2.24, 2.45) is 0 Å². The summed E-state index contributed by atoms with van der Waals surface area (Å²) in [7, 11) is -4.10. The van der Waals surface area contributed by atoms with Crippen LogP contribution in [-0.4, -0.2) is 13.4 Å². The minimum atomic E-state index is -4.10. The van der Waals surface area contributed by atoms with Crippen LogP contribution in [0.1, 0.15) is 5.69 Å². The molecule has 0 radical (unpaired) electrons. The molecule has 1 aromatic carbocycles. The van der Waals surface area contributed by atoms with Crippen molar-refractivity contribution in [3.63, 3.8) is 0 Å². The second-order valence-electron chi connectivity index (χ2n) is 4.08. The highest BCUT2D eigenvalue weighted by molar-refractivity contribution is 9.10. The molecule has 0 bridgehead atoms. The molecule has 2 aromatic rings. The molecule has 0 unspecified atom stereocenters. The Hall–Kier alpha value is -1.67. The standard InChI is InChI=1S/C12H11BrFN3O2S/c1-7-3-2-4-11(16-7)17-20(18,19)10-6-8(15)5-9(13)12(10)14/h2-6H,15H2,1H3,(H,16,17). The van der Waals surface area contributed by atoms with Crippen molar-refractivity contribution in [3.05, 3.63) is 46.3 Å². The molecule has 2 rings (SSSR count). The molecule has 3 N–H and O–H groups in total. The summed E-state index contributed by atoms with van der Waals surface area (Å²) < 4.78 is 40.5. The summed E-state index contributed by atoms with van der Waals surface area (Å²) >= 11 is 2.92. The van der Waals surface area contributed by atoms with Crippen molar-refractivity contribution < 1.29 is 12.8 Å². The maximum Gasteiger partial charge on any atom is 0.266 e. The van der Waals surface area contributed by atoms with Crippen molar-refractivity contribution >= 4 is 37.5 Å². The SMILES string of the molecule is Cc1cccc(NS(=O)(=O)c2cc(N)cc(Br)c2F)n1. The van der Waals surface area contributed by atoms with Crippen LogP contribution in [0.15, 0.2) is 39.7 Å². The van der Waals surface area contributed by atoms with Gasteiger partial charge in [-0.05, 0) is 47.1 Å². The van der Waals surface area contributed by atoms with Gasteiger partial charge in [-0.15, -0.1) is 0 Å². The van der Waals surface area contributed by atoms with Gasteiger partial charge in [0.05, 0.1) is 4.47 Å². The van der Waals surface area contributed by atoms with Gasteiger partial charge in [-0.1, -0.05) is 6.07 Å². The minimum Gasteiger partial charge on any atom is -0.399 e. The van der Waals surface area contributed by atoms with Crippen LogP contribution in [0, 0.1) is 12.7 Å². The van der Waals surface area contributed by atoms with Crippen molar-refractivity contribution in [3.8, 4) is 0 Å². The number of benzene rings is 1. The van der Waals surface area contributed by atoms with E-state index in [9.17, 15) is 12.8 Å². The van der Waals surface area contributed by atoms with E-state index in [0.29, 0.717) is 5.69 Å². The molecule has 0 saturated heterocycles. The Morgan fingerprint density at radius 3 is 2.70 bits per heavy atom. The van der Waals surface area contributed by atoms with Crippen molar-refractivity contribution in [2.75, 3.05) is 10.5 Å². The fourth-order valence-electron chi connectivity index (χ4n) is 1.57. The molecule has 0 atom stereocenters. The number of sulfonamides is 1. The molecular weight excluding hydrogens is 349 g/mol. The summed E-state index contributed by atoms with van der Waals surface area (Å²) in [5.41, 5.74) is 6.31. The predicted molar refractivity (Wildman–Crippen MR) is 78.3 cm³/mol. The maximum absolute atomic E-state index is 13.9.